The van der Waals surface area contributed by atoms with Crippen molar-refractivity contribution >= 4 is 29.0 Å². The van der Waals surface area contributed by atoms with E-state index in [9.17, 15) is 24.0 Å². The van der Waals surface area contributed by atoms with Gasteiger partial charge in [-0.25, -0.2) is 14.6 Å². The third-order valence-corrected chi connectivity index (χ3v) is 5.14. The Labute approximate surface area is 168 Å². The molecule has 2 aromatic heterocycles. The SMILES string of the molecule is Cn1c(=O)c2c(ncn2Cc2ccc(CC3C(=O)NC(=O)NC3=O)cc2)n(C)c1=O. The van der Waals surface area contributed by atoms with E-state index in [1.807, 2.05) is 12.1 Å². The molecule has 1 aliphatic heterocycles. The highest BCUT2D eigenvalue weighted by molar-refractivity contribution is 6.16. The summed E-state index contributed by atoms with van der Waals surface area (Å²) in [6, 6.07) is 6.38. The number of benzene rings is 1. The Hall–Kier alpha value is -4.02. The zero-order valence-corrected chi connectivity index (χ0v) is 16.2. The number of barbiturate groups is 1. The van der Waals surface area contributed by atoms with Crippen LogP contribution in [0, 0.1) is 5.92 Å². The van der Waals surface area contributed by atoms with Crippen LogP contribution in [0.3, 0.4) is 0 Å². The summed E-state index contributed by atoms with van der Waals surface area (Å²) in [5, 5.41) is 4.16. The molecule has 0 saturated carbocycles. The van der Waals surface area contributed by atoms with Crippen LogP contribution in [-0.4, -0.2) is 36.5 Å². The Morgan fingerprint density at radius 2 is 1.50 bits per heavy atom. The number of aromatic nitrogens is 4. The number of nitrogens with one attached hydrogen (secondary N) is 2. The van der Waals surface area contributed by atoms with Gasteiger partial charge in [-0.05, 0) is 17.5 Å². The second kappa shape index (κ2) is 7.10. The van der Waals surface area contributed by atoms with E-state index in [-0.39, 0.29) is 6.42 Å². The number of fused-ring (bicyclic) bond motifs is 1. The lowest BCUT2D eigenvalue weighted by molar-refractivity contribution is -0.135. The average molecular weight is 410 g/mol. The van der Waals surface area contributed by atoms with Gasteiger partial charge in [-0.15, -0.1) is 0 Å². The van der Waals surface area contributed by atoms with E-state index in [2.05, 4.69) is 15.6 Å². The maximum atomic E-state index is 12.5. The first-order valence-corrected chi connectivity index (χ1v) is 9.10. The largest absolute Gasteiger partial charge is 0.332 e. The minimum atomic E-state index is -0.976. The van der Waals surface area contributed by atoms with Gasteiger partial charge < -0.3 is 4.57 Å². The van der Waals surface area contributed by atoms with Gasteiger partial charge in [0.2, 0.25) is 11.8 Å². The summed E-state index contributed by atoms with van der Waals surface area (Å²) in [7, 11) is 2.97. The van der Waals surface area contributed by atoms with Crippen molar-refractivity contribution < 1.29 is 14.4 Å². The highest BCUT2D eigenvalue weighted by Crippen LogP contribution is 2.15. The minimum absolute atomic E-state index is 0.155. The molecule has 4 amide bonds. The number of imidazole rings is 1. The van der Waals surface area contributed by atoms with E-state index in [0.717, 1.165) is 15.7 Å². The smallest absolute Gasteiger partial charge is 0.320 e. The van der Waals surface area contributed by atoms with Gasteiger partial charge in [-0.1, -0.05) is 24.3 Å². The number of nitrogens with zero attached hydrogens (tertiary/aromatic N) is 4. The molecule has 3 aromatic rings. The van der Waals surface area contributed by atoms with Gasteiger partial charge in [0.15, 0.2) is 11.2 Å². The highest BCUT2D eigenvalue weighted by Gasteiger charge is 2.33. The summed E-state index contributed by atoms with van der Waals surface area (Å²) in [6.45, 7) is 0.350. The number of imide groups is 2. The predicted molar refractivity (Wildman–Crippen MR) is 105 cm³/mol. The molecule has 30 heavy (non-hydrogen) atoms. The number of hydrogen-bond acceptors (Lipinski definition) is 6. The number of carbonyl (C=O) groups excluding carboxylic acids is 3. The first-order chi connectivity index (χ1) is 14.3. The molecule has 0 unspecified atom stereocenters. The maximum absolute atomic E-state index is 12.5. The fraction of sp³-hybridized carbons (Fsp3) is 0.263. The van der Waals surface area contributed by atoms with Crippen molar-refractivity contribution in [3.63, 3.8) is 0 Å². The van der Waals surface area contributed by atoms with Crippen LogP contribution in [0.25, 0.3) is 11.2 Å². The Balaban J connectivity index is 1.57. The van der Waals surface area contributed by atoms with Crippen LogP contribution >= 0.6 is 0 Å². The topological polar surface area (TPSA) is 137 Å². The normalized spacial score (nSPS) is 14.8. The number of urea groups is 1. The molecule has 0 radical (unpaired) electrons. The Morgan fingerprint density at radius 1 is 0.900 bits per heavy atom. The van der Waals surface area contributed by atoms with Gasteiger partial charge in [0.25, 0.3) is 5.56 Å². The van der Waals surface area contributed by atoms with Gasteiger partial charge >= 0.3 is 11.7 Å². The van der Waals surface area contributed by atoms with Crippen LogP contribution in [0.1, 0.15) is 11.1 Å². The number of amides is 4. The van der Waals surface area contributed by atoms with Crippen LogP contribution in [0.4, 0.5) is 4.79 Å². The van der Waals surface area contributed by atoms with Gasteiger partial charge in [-0.2, -0.15) is 0 Å². The lowest BCUT2D eigenvalue weighted by atomic mass is 9.96. The summed E-state index contributed by atoms with van der Waals surface area (Å²) in [6.07, 6.45) is 1.66. The summed E-state index contributed by atoms with van der Waals surface area (Å²) >= 11 is 0. The maximum Gasteiger partial charge on any atom is 0.332 e. The first kappa shape index (κ1) is 19.3. The van der Waals surface area contributed by atoms with Crippen LogP contribution in [-0.2, 0) is 36.6 Å². The van der Waals surface area contributed by atoms with E-state index < -0.39 is 35.0 Å². The van der Waals surface area contributed by atoms with Crippen molar-refractivity contribution in [2.24, 2.45) is 20.0 Å². The molecular formula is C19H18N6O5. The molecule has 154 valence electrons. The minimum Gasteiger partial charge on any atom is -0.320 e. The molecule has 2 N–H and O–H groups in total. The third kappa shape index (κ3) is 3.19. The van der Waals surface area contributed by atoms with E-state index >= 15 is 0 Å². The summed E-state index contributed by atoms with van der Waals surface area (Å²) in [4.78, 5) is 63.6. The van der Waals surface area contributed by atoms with E-state index in [1.54, 1.807) is 23.7 Å². The quantitative estimate of drug-likeness (QED) is 0.530. The van der Waals surface area contributed by atoms with Gasteiger partial charge in [0.1, 0.15) is 5.92 Å². The number of hydrogen-bond donors (Lipinski definition) is 2. The van der Waals surface area contributed by atoms with Crippen LogP contribution in [0.5, 0.6) is 0 Å². The van der Waals surface area contributed by atoms with E-state index in [0.29, 0.717) is 17.7 Å². The number of carbonyl (C=O) groups is 3. The fourth-order valence-electron chi connectivity index (χ4n) is 3.46. The molecular weight excluding hydrogens is 392 g/mol. The van der Waals surface area contributed by atoms with Crippen molar-refractivity contribution in [1.29, 1.82) is 0 Å². The predicted octanol–water partition coefficient (Wildman–Crippen LogP) is -0.993. The van der Waals surface area contributed by atoms with Gasteiger partial charge in [-0.3, -0.25) is 34.2 Å². The fourth-order valence-corrected chi connectivity index (χ4v) is 3.46. The number of rotatable bonds is 4. The molecule has 4 rings (SSSR count). The van der Waals surface area contributed by atoms with E-state index in [1.165, 1.54) is 17.9 Å². The van der Waals surface area contributed by atoms with Crippen molar-refractivity contribution in [2.45, 2.75) is 13.0 Å². The zero-order chi connectivity index (χ0) is 21.6. The van der Waals surface area contributed by atoms with Crippen LogP contribution in [0.15, 0.2) is 40.2 Å². The molecule has 3 heterocycles. The second-order valence-electron chi connectivity index (χ2n) is 7.13. The molecule has 1 fully saturated rings. The molecule has 0 spiro atoms. The monoisotopic (exact) mass is 410 g/mol. The van der Waals surface area contributed by atoms with Crippen LogP contribution < -0.4 is 21.9 Å². The molecule has 1 aliphatic rings. The molecule has 1 aromatic carbocycles. The summed E-state index contributed by atoms with van der Waals surface area (Å²) < 4.78 is 4.02. The van der Waals surface area contributed by atoms with E-state index in [4.69, 9.17) is 0 Å². The summed E-state index contributed by atoms with van der Waals surface area (Å²) in [5.74, 6) is -2.23. The van der Waals surface area contributed by atoms with Gasteiger partial charge in [0.05, 0.1) is 6.33 Å². The highest BCUT2D eigenvalue weighted by atomic mass is 16.2. The Bertz CT molecular complexity index is 1290. The second-order valence-corrected chi connectivity index (χ2v) is 7.13. The van der Waals surface area contributed by atoms with Crippen LogP contribution in [0.2, 0.25) is 0 Å². The zero-order valence-electron chi connectivity index (χ0n) is 16.2. The van der Waals surface area contributed by atoms with Crippen molar-refractivity contribution in [2.75, 3.05) is 0 Å². The molecule has 0 aliphatic carbocycles. The molecule has 11 nitrogen and oxygen atoms in total. The third-order valence-electron chi connectivity index (χ3n) is 5.14. The molecule has 1 saturated heterocycles. The molecule has 0 atom stereocenters. The number of aryl methyl sites for hydroxylation is 1. The average Bonchev–Trinajstić information content (AvgIpc) is 3.12. The standard InChI is InChI=1S/C19H18N6O5/c1-23-14-13(17(28)24(2)19(23)30)25(9-20-14)8-11-5-3-10(4-6-11)7-12-15(26)21-18(29)22-16(12)27/h3-6,9,12H,7-8H2,1-2H3,(H2,21,22,26,27,29). The lowest BCUT2D eigenvalue weighted by Gasteiger charge is -2.20. The molecule has 11 heteroatoms. The Morgan fingerprint density at radius 3 is 2.13 bits per heavy atom. The van der Waals surface area contributed by atoms with Gasteiger partial charge in [0, 0.05) is 20.6 Å². The Kier molecular flexibility index (Phi) is 4.57. The summed E-state index contributed by atoms with van der Waals surface area (Å²) in [5.41, 5.74) is 1.37. The lowest BCUT2D eigenvalue weighted by Crippen LogP contribution is -2.56. The van der Waals surface area contributed by atoms with Crippen molar-refractivity contribution in [1.82, 2.24) is 29.3 Å². The van der Waals surface area contributed by atoms with Crippen molar-refractivity contribution in [3.05, 3.63) is 62.6 Å². The molecule has 0 bridgehead atoms. The first-order valence-electron chi connectivity index (χ1n) is 9.10. The van der Waals surface area contributed by atoms with Crippen molar-refractivity contribution in [3.8, 4) is 0 Å².